The van der Waals surface area contributed by atoms with Crippen LogP contribution in [-0.2, 0) is 27.9 Å². The Morgan fingerprint density at radius 3 is 2.42 bits per heavy atom. The molecule has 0 atom stereocenters. The largest absolute Gasteiger partial charge is 0.494 e. The van der Waals surface area contributed by atoms with Crippen LogP contribution in [0.5, 0.6) is 11.5 Å². The Balaban J connectivity index is 0.00000560. The number of ether oxygens (including phenoxy) is 3. The van der Waals surface area contributed by atoms with Crippen molar-refractivity contribution in [2.24, 2.45) is 0 Å². The minimum absolute atomic E-state index is 0. The van der Waals surface area contributed by atoms with Crippen molar-refractivity contribution in [3.63, 3.8) is 0 Å². The van der Waals surface area contributed by atoms with Crippen molar-refractivity contribution < 1.29 is 23.8 Å². The second-order valence-electron chi connectivity index (χ2n) is 10.8. The van der Waals surface area contributed by atoms with Crippen molar-refractivity contribution in [1.29, 1.82) is 5.41 Å². The number of halogens is 1. The molecule has 1 heterocycles. The Kier molecular flexibility index (Phi) is 11.6. The van der Waals surface area contributed by atoms with Crippen molar-refractivity contribution >= 4 is 40.2 Å². The summed E-state index contributed by atoms with van der Waals surface area (Å²) in [6.45, 7) is 10.3. The van der Waals surface area contributed by atoms with E-state index in [0.717, 1.165) is 33.7 Å². The van der Waals surface area contributed by atoms with E-state index < -0.39 is 0 Å². The van der Waals surface area contributed by atoms with Crippen LogP contribution in [0.4, 0.5) is 5.69 Å². The molecule has 2 N–H and O–H groups in total. The van der Waals surface area contributed by atoms with Gasteiger partial charge in [0, 0.05) is 56.5 Å². The minimum Gasteiger partial charge on any atom is -0.494 e. The fraction of sp³-hybridized carbons (Fsp3) is 0.500. The number of likely N-dealkylation sites (N-methyl/N-ethyl adjacent to an activating group) is 2. The third-order valence-corrected chi connectivity index (χ3v) is 6.93. The summed E-state index contributed by atoms with van der Waals surface area (Å²) < 4.78 is 16.9. The minimum atomic E-state index is -0.258. The number of benzene rings is 2. The number of hydrogen-bond donors (Lipinski definition) is 2. The number of nitrogens with one attached hydrogen (secondary N) is 2. The summed E-state index contributed by atoms with van der Waals surface area (Å²) in [4.78, 5) is 29.6. The zero-order chi connectivity index (χ0) is 28.9. The van der Waals surface area contributed by atoms with Crippen LogP contribution < -0.4 is 19.7 Å². The summed E-state index contributed by atoms with van der Waals surface area (Å²) >= 11 is 0. The standard InChI is InChI=1S/C30H42N4O5.BrH/c1-9-39-26-15-21-17-34(29(31)22(21)12-20(26)16-27(36)32-5)18-25(35)19-13-23(30(2,3)4)28(38-8)24(14-19)33(6)10-11-37-7;/h12-15,31H,9-11,16-18H2,1-8H3,(H,32,36);1H. The predicted octanol–water partition coefficient (Wildman–Crippen LogP) is 4.36. The van der Waals surface area contributed by atoms with Crippen LogP contribution in [0, 0.1) is 5.41 Å². The molecule has 2 aromatic carbocycles. The van der Waals surface area contributed by atoms with Crippen LogP contribution in [0.2, 0.25) is 0 Å². The molecule has 0 radical (unpaired) electrons. The van der Waals surface area contributed by atoms with Gasteiger partial charge in [0.2, 0.25) is 5.91 Å². The van der Waals surface area contributed by atoms with Crippen LogP contribution in [0.25, 0.3) is 0 Å². The van der Waals surface area contributed by atoms with Crippen LogP contribution in [0.1, 0.15) is 60.3 Å². The number of amidine groups is 1. The van der Waals surface area contributed by atoms with Crippen molar-refractivity contribution in [3.8, 4) is 11.5 Å². The highest BCUT2D eigenvalue weighted by Gasteiger charge is 2.30. The first kappa shape index (κ1) is 33.1. The number of methoxy groups -OCH3 is 2. The van der Waals surface area contributed by atoms with Crippen molar-refractivity contribution in [3.05, 3.63) is 52.1 Å². The molecule has 1 amide bonds. The second kappa shape index (κ2) is 14.0. The lowest BCUT2D eigenvalue weighted by Crippen LogP contribution is -2.31. The van der Waals surface area contributed by atoms with Gasteiger partial charge in [-0.1, -0.05) is 20.8 Å². The van der Waals surface area contributed by atoms with E-state index in [1.807, 2.05) is 43.1 Å². The molecule has 0 aliphatic carbocycles. The van der Waals surface area contributed by atoms with Crippen molar-refractivity contribution in [1.82, 2.24) is 10.2 Å². The average Bonchev–Trinajstić information content (AvgIpc) is 3.19. The number of hydrogen-bond acceptors (Lipinski definition) is 7. The molecule has 0 fully saturated rings. The van der Waals surface area contributed by atoms with Crippen LogP contribution in [0.15, 0.2) is 24.3 Å². The quantitative estimate of drug-likeness (QED) is 0.341. The number of carbonyl (C=O) groups is 2. The maximum atomic E-state index is 13.7. The first-order chi connectivity index (χ1) is 18.4. The van der Waals surface area contributed by atoms with Crippen LogP contribution in [-0.4, -0.2) is 77.0 Å². The van der Waals surface area contributed by atoms with Gasteiger partial charge in [0.15, 0.2) is 5.78 Å². The summed E-state index contributed by atoms with van der Waals surface area (Å²) in [5.41, 5.74) is 4.42. The number of Topliss-reactive ketones (excluding diaryl/α,β-unsaturated/α-hetero) is 1. The number of amides is 1. The van der Waals surface area contributed by atoms with Gasteiger partial charge in [-0.25, -0.2) is 0 Å². The fourth-order valence-electron chi connectivity index (χ4n) is 4.74. The number of anilines is 1. The van der Waals surface area contributed by atoms with E-state index in [9.17, 15) is 9.59 Å². The molecule has 10 heteroatoms. The van der Waals surface area contributed by atoms with Gasteiger partial charge in [0.25, 0.3) is 0 Å². The first-order valence-electron chi connectivity index (χ1n) is 13.2. The van der Waals surface area contributed by atoms with Gasteiger partial charge in [-0.3, -0.25) is 15.0 Å². The second-order valence-corrected chi connectivity index (χ2v) is 10.8. The summed E-state index contributed by atoms with van der Waals surface area (Å²) in [5.74, 6) is 1.42. The highest BCUT2D eigenvalue weighted by molar-refractivity contribution is 8.93. The molecule has 2 aromatic rings. The van der Waals surface area contributed by atoms with Gasteiger partial charge in [0.1, 0.15) is 17.3 Å². The topological polar surface area (TPSA) is 104 Å². The predicted molar refractivity (Wildman–Crippen MR) is 164 cm³/mol. The van der Waals surface area contributed by atoms with Gasteiger partial charge < -0.3 is 29.3 Å². The lowest BCUT2D eigenvalue weighted by molar-refractivity contribution is -0.119. The average molecular weight is 620 g/mol. The van der Waals surface area contributed by atoms with Crippen LogP contribution >= 0.6 is 17.0 Å². The van der Waals surface area contributed by atoms with E-state index in [1.165, 1.54) is 0 Å². The van der Waals surface area contributed by atoms with Gasteiger partial charge in [0.05, 0.1) is 39.0 Å². The summed E-state index contributed by atoms with van der Waals surface area (Å²) in [5, 5.41) is 11.5. The van der Waals surface area contributed by atoms with Gasteiger partial charge in [-0.2, -0.15) is 0 Å². The van der Waals surface area contributed by atoms with Gasteiger partial charge in [-0.15, -0.1) is 17.0 Å². The first-order valence-corrected chi connectivity index (χ1v) is 13.2. The zero-order valence-electron chi connectivity index (χ0n) is 24.9. The van der Waals surface area contributed by atoms with E-state index in [0.29, 0.717) is 37.6 Å². The van der Waals surface area contributed by atoms with E-state index in [1.54, 1.807) is 26.2 Å². The molecular weight excluding hydrogens is 576 g/mol. The molecule has 0 spiro atoms. The summed E-state index contributed by atoms with van der Waals surface area (Å²) in [6.07, 6.45) is 0.159. The molecule has 9 nitrogen and oxygen atoms in total. The SMILES string of the molecule is Br.CCOc1cc2c(cc1CC(=O)NC)C(=N)N(CC(=O)c1cc(N(C)CCOC)c(OC)c(C(C)(C)C)c1)C2. The van der Waals surface area contributed by atoms with E-state index in [-0.39, 0.29) is 52.9 Å². The lowest BCUT2D eigenvalue weighted by atomic mass is 9.84. The molecule has 220 valence electrons. The molecule has 3 rings (SSSR count). The molecule has 1 aliphatic heterocycles. The fourth-order valence-corrected chi connectivity index (χ4v) is 4.74. The third kappa shape index (κ3) is 7.34. The van der Waals surface area contributed by atoms with Crippen LogP contribution in [0.3, 0.4) is 0 Å². The number of ketones is 1. The van der Waals surface area contributed by atoms with Gasteiger partial charge in [-0.05, 0) is 42.2 Å². The highest BCUT2D eigenvalue weighted by Crippen LogP contribution is 2.40. The molecule has 0 aromatic heterocycles. The Bertz CT molecular complexity index is 1240. The molecule has 0 unspecified atom stereocenters. The highest BCUT2D eigenvalue weighted by atomic mass is 79.9. The number of carbonyl (C=O) groups excluding carboxylic acids is 2. The van der Waals surface area contributed by atoms with E-state index >= 15 is 0 Å². The molecular formula is C30H43BrN4O5. The molecule has 0 bridgehead atoms. The molecule has 0 saturated carbocycles. The van der Waals surface area contributed by atoms with Crippen molar-refractivity contribution in [2.75, 3.05) is 59.5 Å². The number of nitrogens with zero attached hydrogens (tertiary/aromatic N) is 2. The Morgan fingerprint density at radius 1 is 1.15 bits per heavy atom. The monoisotopic (exact) mass is 618 g/mol. The number of rotatable bonds is 12. The Labute approximate surface area is 248 Å². The summed E-state index contributed by atoms with van der Waals surface area (Å²) in [6, 6.07) is 7.52. The maximum absolute atomic E-state index is 13.7. The third-order valence-electron chi connectivity index (χ3n) is 6.93. The molecule has 0 saturated heterocycles. The molecule has 1 aliphatic rings. The van der Waals surface area contributed by atoms with Gasteiger partial charge >= 0.3 is 0 Å². The number of fused-ring (bicyclic) bond motifs is 1. The maximum Gasteiger partial charge on any atom is 0.224 e. The Morgan fingerprint density at radius 2 is 1.85 bits per heavy atom. The van der Waals surface area contributed by atoms with Crippen molar-refractivity contribution in [2.45, 2.75) is 46.1 Å². The smallest absolute Gasteiger partial charge is 0.224 e. The van der Waals surface area contributed by atoms with E-state index in [2.05, 4.69) is 26.1 Å². The Hall–Kier alpha value is -3.11. The normalized spacial score (nSPS) is 12.5. The molecule has 40 heavy (non-hydrogen) atoms. The zero-order valence-corrected chi connectivity index (χ0v) is 26.6. The van der Waals surface area contributed by atoms with E-state index in [4.69, 9.17) is 19.6 Å². The lowest BCUT2D eigenvalue weighted by Gasteiger charge is -2.29. The summed E-state index contributed by atoms with van der Waals surface area (Å²) in [7, 11) is 6.86.